The maximum atomic E-state index is 12.7. The van der Waals surface area contributed by atoms with Crippen molar-refractivity contribution < 1.29 is 18.0 Å². The molecule has 0 spiro atoms. The van der Waals surface area contributed by atoms with Crippen LogP contribution in [0.3, 0.4) is 0 Å². The molecule has 1 amide bonds. The lowest BCUT2D eigenvalue weighted by Crippen LogP contribution is -2.29. The van der Waals surface area contributed by atoms with Crippen molar-refractivity contribution in [3.63, 3.8) is 0 Å². The molecule has 0 unspecified atom stereocenters. The van der Waals surface area contributed by atoms with Crippen molar-refractivity contribution in [2.24, 2.45) is 5.10 Å². The number of nitrogens with zero attached hydrogens (tertiary/aromatic N) is 3. The first-order valence-electron chi connectivity index (χ1n) is 7.18. The number of amides is 1. The lowest BCUT2D eigenvalue weighted by Gasteiger charge is -2.10. The van der Waals surface area contributed by atoms with Crippen LogP contribution in [0.15, 0.2) is 53.8 Å². The van der Waals surface area contributed by atoms with Gasteiger partial charge in [-0.05, 0) is 30.3 Å². The molecule has 0 saturated carbocycles. The van der Waals surface area contributed by atoms with Gasteiger partial charge in [0.05, 0.1) is 12.1 Å². The molecular weight excluding hydrogens is 321 g/mol. The quantitative estimate of drug-likeness (QED) is 0.918. The Balaban J connectivity index is 1.72. The molecule has 5 nitrogen and oxygen atoms in total. The van der Waals surface area contributed by atoms with E-state index in [9.17, 15) is 18.0 Å². The minimum Gasteiger partial charge on any atom is -0.309 e. The molecule has 1 N–H and O–H groups in total. The van der Waals surface area contributed by atoms with E-state index in [1.54, 1.807) is 23.3 Å². The number of halogens is 3. The average molecular weight is 334 g/mol. The SMILES string of the molecule is O=C(NC1=NN(c2ccccn2)CC1)c1cccc(C(F)(F)F)c1. The first-order valence-corrected chi connectivity index (χ1v) is 7.18. The Morgan fingerprint density at radius 2 is 2.00 bits per heavy atom. The van der Waals surface area contributed by atoms with Crippen LogP contribution in [-0.2, 0) is 6.18 Å². The van der Waals surface area contributed by atoms with Crippen LogP contribution >= 0.6 is 0 Å². The van der Waals surface area contributed by atoms with Crippen LogP contribution in [0.5, 0.6) is 0 Å². The topological polar surface area (TPSA) is 57.6 Å². The number of alkyl halides is 3. The molecule has 1 aromatic carbocycles. The van der Waals surface area contributed by atoms with Gasteiger partial charge < -0.3 is 5.32 Å². The van der Waals surface area contributed by atoms with Crippen LogP contribution in [0.1, 0.15) is 22.3 Å². The smallest absolute Gasteiger partial charge is 0.309 e. The largest absolute Gasteiger partial charge is 0.416 e. The second-order valence-electron chi connectivity index (χ2n) is 5.14. The fraction of sp³-hybridized carbons (Fsp3) is 0.188. The third-order valence-electron chi connectivity index (χ3n) is 3.43. The highest BCUT2D eigenvalue weighted by molar-refractivity contribution is 6.07. The van der Waals surface area contributed by atoms with E-state index in [4.69, 9.17) is 0 Å². The minimum atomic E-state index is -4.49. The molecule has 0 radical (unpaired) electrons. The minimum absolute atomic E-state index is 0.0659. The first kappa shape index (κ1) is 16.0. The van der Waals surface area contributed by atoms with Gasteiger partial charge in [0.2, 0.25) is 0 Å². The van der Waals surface area contributed by atoms with E-state index in [0.717, 1.165) is 12.1 Å². The Morgan fingerprint density at radius 1 is 1.17 bits per heavy atom. The van der Waals surface area contributed by atoms with Crippen LogP contribution in [-0.4, -0.2) is 23.3 Å². The molecular formula is C16H13F3N4O. The summed E-state index contributed by atoms with van der Waals surface area (Å²) >= 11 is 0. The summed E-state index contributed by atoms with van der Waals surface area (Å²) in [6, 6.07) is 9.65. The van der Waals surface area contributed by atoms with Gasteiger partial charge in [-0.1, -0.05) is 12.1 Å². The molecule has 124 valence electrons. The molecule has 0 aliphatic carbocycles. The Bertz CT molecular complexity index is 774. The van der Waals surface area contributed by atoms with Gasteiger partial charge in [0, 0.05) is 18.2 Å². The zero-order valence-corrected chi connectivity index (χ0v) is 12.4. The lowest BCUT2D eigenvalue weighted by atomic mass is 10.1. The summed E-state index contributed by atoms with van der Waals surface area (Å²) in [5, 5.41) is 8.40. The number of carbonyl (C=O) groups is 1. The van der Waals surface area contributed by atoms with Crippen LogP contribution in [0.25, 0.3) is 0 Å². The molecule has 2 aromatic rings. The van der Waals surface area contributed by atoms with Crippen molar-refractivity contribution in [3.05, 3.63) is 59.8 Å². The molecule has 8 heteroatoms. The molecule has 3 rings (SSSR count). The van der Waals surface area contributed by atoms with E-state index in [2.05, 4.69) is 15.4 Å². The molecule has 0 fully saturated rings. The van der Waals surface area contributed by atoms with Gasteiger partial charge in [0.15, 0.2) is 0 Å². The second kappa shape index (κ2) is 6.31. The number of amidine groups is 1. The lowest BCUT2D eigenvalue weighted by molar-refractivity contribution is -0.137. The summed E-state index contributed by atoms with van der Waals surface area (Å²) in [5.41, 5.74) is -0.928. The van der Waals surface area contributed by atoms with Crippen molar-refractivity contribution in [2.45, 2.75) is 12.6 Å². The third kappa shape index (κ3) is 3.53. The number of pyridine rings is 1. The fourth-order valence-electron chi connectivity index (χ4n) is 2.26. The molecule has 2 heterocycles. The molecule has 0 saturated heterocycles. The van der Waals surface area contributed by atoms with Gasteiger partial charge >= 0.3 is 6.18 Å². The van der Waals surface area contributed by atoms with Crippen LogP contribution in [0.2, 0.25) is 0 Å². The maximum Gasteiger partial charge on any atom is 0.416 e. The Kier molecular flexibility index (Phi) is 4.20. The van der Waals surface area contributed by atoms with Crippen LogP contribution < -0.4 is 10.3 Å². The third-order valence-corrected chi connectivity index (χ3v) is 3.43. The van der Waals surface area contributed by atoms with Gasteiger partial charge in [0.25, 0.3) is 5.91 Å². The molecule has 0 bridgehead atoms. The number of aromatic nitrogens is 1. The maximum absolute atomic E-state index is 12.7. The van der Waals surface area contributed by atoms with Gasteiger partial charge in [-0.2, -0.15) is 18.3 Å². The number of benzene rings is 1. The van der Waals surface area contributed by atoms with E-state index in [1.807, 2.05) is 6.07 Å². The highest BCUT2D eigenvalue weighted by atomic mass is 19.4. The first-order chi connectivity index (χ1) is 11.4. The summed E-state index contributed by atoms with van der Waals surface area (Å²) in [6.45, 7) is 0.537. The molecule has 1 aliphatic rings. The number of rotatable bonds is 2. The van der Waals surface area contributed by atoms with Crippen LogP contribution in [0, 0.1) is 0 Å². The second-order valence-corrected chi connectivity index (χ2v) is 5.14. The van der Waals surface area contributed by atoms with Crippen molar-refractivity contribution in [2.75, 3.05) is 11.6 Å². The number of hydrogen-bond donors (Lipinski definition) is 1. The van der Waals surface area contributed by atoms with E-state index in [0.29, 0.717) is 24.6 Å². The summed E-state index contributed by atoms with van der Waals surface area (Å²) in [5.74, 6) is 0.409. The summed E-state index contributed by atoms with van der Waals surface area (Å²) in [6.07, 6.45) is -2.39. The average Bonchev–Trinajstić information content (AvgIpc) is 3.03. The Hall–Kier alpha value is -2.90. The van der Waals surface area contributed by atoms with Crippen molar-refractivity contribution in [1.29, 1.82) is 0 Å². The van der Waals surface area contributed by atoms with Crippen molar-refractivity contribution >= 4 is 17.6 Å². The van der Waals surface area contributed by atoms with Crippen molar-refractivity contribution in [1.82, 2.24) is 10.3 Å². The number of anilines is 1. The summed E-state index contributed by atoms with van der Waals surface area (Å²) < 4.78 is 38.1. The predicted octanol–water partition coefficient (Wildman–Crippen LogP) is 3.05. The van der Waals surface area contributed by atoms with Gasteiger partial charge in [0.1, 0.15) is 11.7 Å². The zero-order valence-electron chi connectivity index (χ0n) is 12.4. The predicted molar refractivity (Wildman–Crippen MR) is 82.5 cm³/mol. The van der Waals surface area contributed by atoms with E-state index in [-0.39, 0.29) is 5.56 Å². The standard InChI is InChI=1S/C16H13F3N4O/c17-16(18,19)12-5-3-4-11(10-12)15(24)21-13-7-9-23(22-13)14-6-1-2-8-20-14/h1-6,8,10H,7,9H2,(H,21,22,24). The molecule has 1 aliphatic heterocycles. The molecule has 24 heavy (non-hydrogen) atoms. The summed E-state index contributed by atoms with van der Waals surface area (Å²) in [7, 11) is 0. The normalized spacial score (nSPS) is 14.5. The number of carbonyl (C=O) groups excluding carboxylic acids is 1. The van der Waals surface area contributed by atoms with E-state index in [1.165, 1.54) is 12.1 Å². The Morgan fingerprint density at radius 3 is 2.71 bits per heavy atom. The molecule has 0 atom stereocenters. The highest BCUT2D eigenvalue weighted by Crippen LogP contribution is 2.29. The van der Waals surface area contributed by atoms with Gasteiger partial charge in [-0.25, -0.2) is 9.99 Å². The van der Waals surface area contributed by atoms with Crippen molar-refractivity contribution in [3.8, 4) is 0 Å². The highest BCUT2D eigenvalue weighted by Gasteiger charge is 2.31. The fourth-order valence-corrected chi connectivity index (χ4v) is 2.26. The number of hydrogen-bond acceptors (Lipinski definition) is 4. The Labute approximate surface area is 135 Å². The zero-order chi connectivity index (χ0) is 17.2. The number of nitrogens with one attached hydrogen (secondary N) is 1. The molecule has 1 aromatic heterocycles. The monoisotopic (exact) mass is 334 g/mol. The van der Waals surface area contributed by atoms with E-state index >= 15 is 0 Å². The van der Waals surface area contributed by atoms with Crippen LogP contribution in [0.4, 0.5) is 19.0 Å². The number of hydrazone groups is 1. The van der Waals surface area contributed by atoms with E-state index < -0.39 is 17.6 Å². The summed E-state index contributed by atoms with van der Waals surface area (Å²) in [4.78, 5) is 16.3. The van der Waals surface area contributed by atoms with Gasteiger partial charge in [-0.15, -0.1) is 0 Å². The van der Waals surface area contributed by atoms with Gasteiger partial charge in [-0.3, -0.25) is 4.79 Å².